The quantitative estimate of drug-likeness (QED) is 0.447. The van der Waals surface area contributed by atoms with Crippen molar-refractivity contribution in [1.82, 2.24) is 4.98 Å². The van der Waals surface area contributed by atoms with Crippen molar-refractivity contribution in [3.8, 4) is 11.1 Å². The summed E-state index contributed by atoms with van der Waals surface area (Å²) in [5.41, 5.74) is 8.60. The minimum absolute atomic E-state index is 0.866. The third-order valence-corrected chi connectivity index (χ3v) is 4.68. The van der Waals surface area contributed by atoms with Gasteiger partial charge in [0.15, 0.2) is 0 Å². The van der Waals surface area contributed by atoms with Crippen LogP contribution in [0.2, 0.25) is 0 Å². The van der Waals surface area contributed by atoms with Crippen LogP contribution in [0, 0.1) is 6.92 Å². The Hall–Kier alpha value is -3.06. The molecule has 0 fully saturated rings. The number of nitrogens with one attached hydrogen (secondary N) is 1. The van der Waals surface area contributed by atoms with Crippen LogP contribution in [-0.4, -0.2) is 4.98 Å². The number of aryl methyl sites for hydroxylation is 1. The SMILES string of the molecule is C=C(Cc1ccc2[nH]ccc2c1)c1ccc(-c2cccc(C)c2)cc1. The topological polar surface area (TPSA) is 15.8 Å². The standard InChI is InChI=1S/C24H21N/c1-17-4-3-5-22(14-17)21-9-7-20(8-10-21)18(2)15-19-6-11-24-23(16-19)12-13-25-24/h3-14,16,25H,2,15H2,1H3. The third-order valence-electron chi connectivity index (χ3n) is 4.68. The Bertz CT molecular complexity index is 1040. The first-order valence-corrected chi connectivity index (χ1v) is 8.60. The lowest BCUT2D eigenvalue weighted by molar-refractivity contribution is 1.30. The fraction of sp³-hybridized carbons (Fsp3) is 0.0833. The molecule has 1 nitrogen and oxygen atoms in total. The van der Waals surface area contributed by atoms with E-state index < -0.39 is 0 Å². The summed E-state index contributed by atoms with van der Waals surface area (Å²) in [5.74, 6) is 0. The number of rotatable bonds is 4. The molecule has 0 unspecified atom stereocenters. The van der Waals surface area contributed by atoms with E-state index >= 15 is 0 Å². The predicted octanol–water partition coefficient (Wildman–Crippen LogP) is 6.40. The number of hydrogen-bond donors (Lipinski definition) is 1. The summed E-state index contributed by atoms with van der Waals surface area (Å²) in [7, 11) is 0. The molecule has 1 heterocycles. The number of benzene rings is 3. The molecule has 0 radical (unpaired) electrons. The molecule has 4 aromatic rings. The zero-order chi connectivity index (χ0) is 17.2. The van der Waals surface area contributed by atoms with Crippen molar-refractivity contribution in [2.45, 2.75) is 13.3 Å². The van der Waals surface area contributed by atoms with Gasteiger partial charge in [0.2, 0.25) is 0 Å². The molecule has 0 saturated carbocycles. The van der Waals surface area contributed by atoms with E-state index in [1.807, 2.05) is 6.20 Å². The highest BCUT2D eigenvalue weighted by Gasteiger charge is 2.04. The fourth-order valence-electron chi connectivity index (χ4n) is 3.28. The molecule has 0 aliphatic heterocycles. The van der Waals surface area contributed by atoms with Gasteiger partial charge in [0.1, 0.15) is 0 Å². The van der Waals surface area contributed by atoms with Crippen LogP contribution in [0.5, 0.6) is 0 Å². The fourth-order valence-corrected chi connectivity index (χ4v) is 3.28. The van der Waals surface area contributed by atoms with E-state index in [9.17, 15) is 0 Å². The van der Waals surface area contributed by atoms with Gasteiger partial charge in [0, 0.05) is 11.7 Å². The second kappa shape index (κ2) is 6.45. The summed E-state index contributed by atoms with van der Waals surface area (Å²) in [6.07, 6.45) is 2.85. The molecule has 0 saturated heterocycles. The number of fused-ring (bicyclic) bond motifs is 1. The zero-order valence-electron chi connectivity index (χ0n) is 14.4. The van der Waals surface area contributed by atoms with Crippen molar-refractivity contribution in [3.05, 3.63) is 102 Å². The lowest BCUT2D eigenvalue weighted by Gasteiger charge is -2.09. The molecule has 0 bridgehead atoms. The van der Waals surface area contributed by atoms with E-state index in [0.717, 1.165) is 12.0 Å². The van der Waals surface area contributed by atoms with E-state index in [1.54, 1.807) is 0 Å². The van der Waals surface area contributed by atoms with E-state index in [0.29, 0.717) is 0 Å². The molecular formula is C24H21N. The molecule has 0 aliphatic carbocycles. The monoisotopic (exact) mass is 323 g/mol. The van der Waals surface area contributed by atoms with Gasteiger partial charge in [-0.25, -0.2) is 0 Å². The maximum Gasteiger partial charge on any atom is 0.0454 e. The third kappa shape index (κ3) is 3.27. The zero-order valence-corrected chi connectivity index (χ0v) is 14.4. The van der Waals surface area contributed by atoms with Crippen LogP contribution in [0.3, 0.4) is 0 Å². The van der Waals surface area contributed by atoms with Gasteiger partial charge in [-0.1, -0.05) is 66.7 Å². The average molecular weight is 323 g/mol. The Labute approximate surface area is 148 Å². The largest absolute Gasteiger partial charge is 0.361 e. The van der Waals surface area contributed by atoms with E-state index in [2.05, 4.69) is 91.3 Å². The lowest BCUT2D eigenvalue weighted by Crippen LogP contribution is -1.90. The summed E-state index contributed by atoms with van der Waals surface area (Å²) >= 11 is 0. The molecule has 25 heavy (non-hydrogen) atoms. The highest BCUT2D eigenvalue weighted by Crippen LogP contribution is 2.25. The molecule has 1 heteroatoms. The molecule has 1 aromatic heterocycles. The van der Waals surface area contributed by atoms with Crippen molar-refractivity contribution in [3.63, 3.8) is 0 Å². The first kappa shape index (κ1) is 15.5. The molecule has 0 atom stereocenters. The lowest BCUT2D eigenvalue weighted by atomic mass is 9.96. The Kier molecular flexibility index (Phi) is 3.99. The van der Waals surface area contributed by atoms with Gasteiger partial charge in [-0.3, -0.25) is 0 Å². The van der Waals surface area contributed by atoms with Gasteiger partial charge in [0.25, 0.3) is 0 Å². The van der Waals surface area contributed by atoms with Crippen LogP contribution in [0.4, 0.5) is 0 Å². The number of H-pyrrole nitrogens is 1. The summed E-state index contributed by atoms with van der Waals surface area (Å²) in [5, 5.41) is 1.25. The molecule has 3 aromatic carbocycles. The van der Waals surface area contributed by atoms with E-state index in [-0.39, 0.29) is 0 Å². The summed E-state index contributed by atoms with van der Waals surface area (Å²) in [4.78, 5) is 3.24. The van der Waals surface area contributed by atoms with E-state index in [4.69, 9.17) is 0 Å². The normalized spacial score (nSPS) is 10.9. The number of aromatic nitrogens is 1. The van der Waals surface area contributed by atoms with Crippen molar-refractivity contribution < 1.29 is 0 Å². The van der Waals surface area contributed by atoms with Gasteiger partial charge in [0.05, 0.1) is 0 Å². The number of hydrogen-bond acceptors (Lipinski definition) is 0. The summed E-state index contributed by atoms with van der Waals surface area (Å²) in [6, 6.07) is 26.0. The number of allylic oxidation sites excluding steroid dienone is 1. The van der Waals surface area contributed by atoms with Crippen LogP contribution < -0.4 is 0 Å². The maximum atomic E-state index is 4.30. The van der Waals surface area contributed by atoms with E-state index in [1.165, 1.54) is 38.7 Å². The second-order valence-corrected chi connectivity index (χ2v) is 6.63. The summed E-state index contributed by atoms with van der Waals surface area (Å²) < 4.78 is 0. The Balaban J connectivity index is 1.54. The smallest absolute Gasteiger partial charge is 0.0454 e. The molecule has 0 amide bonds. The highest BCUT2D eigenvalue weighted by molar-refractivity contribution is 5.81. The van der Waals surface area contributed by atoms with Crippen LogP contribution >= 0.6 is 0 Å². The minimum atomic E-state index is 0.866. The Morgan fingerprint density at radius 2 is 1.72 bits per heavy atom. The molecule has 1 N–H and O–H groups in total. The average Bonchev–Trinajstić information content (AvgIpc) is 3.09. The highest BCUT2D eigenvalue weighted by atomic mass is 14.7. The van der Waals surface area contributed by atoms with Crippen LogP contribution in [0.1, 0.15) is 16.7 Å². The van der Waals surface area contributed by atoms with Crippen molar-refractivity contribution in [2.24, 2.45) is 0 Å². The van der Waals surface area contributed by atoms with Crippen molar-refractivity contribution in [2.75, 3.05) is 0 Å². The van der Waals surface area contributed by atoms with Crippen molar-refractivity contribution >= 4 is 16.5 Å². The second-order valence-electron chi connectivity index (χ2n) is 6.63. The molecular weight excluding hydrogens is 302 g/mol. The molecule has 122 valence electrons. The Morgan fingerprint density at radius 3 is 2.52 bits per heavy atom. The first-order chi connectivity index (χ1) is 12.2. The van der Waals surface area contributed by atoms with Gasteiger partial charge >= 0.3 is 0 Å². The van der Waals surface area contributed by atoms with Crippen LogP contribution in [0.15, 0.2) is 85.6 Å². The van der Waals surface area contributed by atoms with Gasteiger partial charge in [-0.05, 0) is 64.8 Å². The number of aromatic amines is 1. The van der Waals surface area contributed by atoms with Crippen LogP contribution in [-0.2, 0) is 6.42 Å². The molecule has 4 rings (SSSR count). The van der Waals surface area contributed by atoms with Gasteiger partial charge in [-0.2, -0.15) is 0 Å². The van der Waals surface area contributed by atoms with Crippen LogP contribution in [0.25, 0.3) is 27.6 Å². The summed E-state index contributed by atoms with van der Waals surface area (Å²) in [6.45, 7) is 6.42. The van der Waals surface area contributed by atoms with Gasteiger partial charge < -0.3 is 4.98 Å². The Morgan fingerprint density at radius 1 is 0.880 bits per heavy atom. The molecule has 0 aliphatic rings. The first-order valence-electron chi connectivity index (χ1n) is 8.60. The predicted molar refractivity (Wildman–Crippen MR) is 108 cm³/mol. The maximum absolute atomic E-state index is 4.30. The van der Waals surface area contributed by atoms with Gasteiger partial charge in [-0.15, -0.1) is 0 Å². The van der Waals surface area contributed by atoms with Crippen molar-refractivity contribution in [1.29, 1.82) is 0 Å². The minimum Gasteiger partial charge on any atom is -0.361 e. The molecule has 0 spiro atoms.